The highest BCUT2D eigenvalue weighted by Gasteiger charge is 2.38. The molecule has 1 heterocycles. The van der Waals surface area contributed by atoms with Gasteiger partial charge < -0.3 is 9.64 Å². The molecule has 96 valence electrons. The maximum atomic E-state index is 12.1. The summed E-state index contributed by atoms with van der Waals surface area (Å²) < 4.78 is 4.91. The molecule has 18 heavy (non-hydrogen) atoms. The van der Waals surface area contributed by atoms with E-state index in [-0.39, 0.29) is 5.91 Å². The van der Waals surface area contributed by atoms with Gasteiger partial charge in [-0.15, -0.1) is 0 Å². The lowest BCUT2D eigenvalue weighted by molar-refractivity contribution is -0.150. The predicted octanol–water partition coefficient (Wildman–Crippen LogP) is 1.91. The Labute approximate surface area is 107 Å². The molecule has 4 nitrogen and oxygen atoms in total. The highest BCUT2D eigenvalue weighted by atomic mass is 16.5. The molecule has 0 aromatic heterocycles. The van der Waals surface area contributed by atoms with Crippen molar-refractivity contribution in [1.82, 2.24) is 0 Å². The van der Waals surface area contributed by atoms with Crippen molar-refractivity contribution in [2.75, 3.05) is 18.1 Å². The summed E-state index contributed by atoms with van der Waals surface area (Å²) in [6.07, 6.45) is 0.533. The van der Waals surface area contributed by atoms with Gasteiger partial charge in [0.05, 0.1) is 6.61 Å². The molecule has 0 aliphatic carbocycles. The third kappa shape index (κ3) is 2.37. The third-order valence-corrected chi connectivity index (χ3v) is 3.12. The van der Waals surface area contributed by atoms with Crippen molar-refractivity contribution >= 4 is 17.6 Å². The van der Waals surface area contributed by atoms with E-state index in [1.807, 2.05) is 31.2 Å². The predicted molar refractivity (Wildman–Crippen MR) is 68.3 cm³/mol. The first-order valence-corrected chi connectivity index (χ1v) is 6.18. The summed E-state index contributed by atoms with van der Waals surface area (Å²) in [7, 11) is 0. The lowest BCUT2D eigenvalue weighted by Gasteiger charge is -2.16. The number of carbonyl (C=O) groups is 2. The Bertz CT molecular complexity index is 453. The summed E-state index contributed by atoms with van der Waals surface area (Å²) in [4.78, 5) is 25.4. The van der Waals surface area contributed by atoms with Crippen LogP contribution in [0.2, 0.25) is 0 Å². The Morgan fingerprint density at radius 2 is 2.06 bits per heavy atom. The van der Waals surface area contributed by atoms with Gasteiger partial charge in [0.15, 0.2) is 0 Å². The average molecular weight is 247 g/mol. The molecule has 0 saturated carbocycles. The van der Waals surface area contributed by atoms with Crippen LogP contribution in [0.25, 0.3) is 0 Å². The van der Waals surface area contributed by atoms with Crippen LogP contribution in [0.15, 0.2) is 24.3 Å². The van der Waals surface area contributed by atoms with Crippen LogP contribution in [0.4, 0.5) is 5.69 Å². The highest BCUT2D eigenvalue weighted by Crippen LogP contribution is 2.26. The second-order valence-electron chi connectivity index (χ2n) is 4.42. The molecule has 1 saturated heterocycles. The molecule has 0 N–H and O–H groups in total. The number of nitrogens with zero attached hydrogens (tertiary/aromatic N) is 1. The van der Waals surface area contributed by atoms with E-state index < -0.39 is 11.9 Å². The number of hydrogen-bond donors (Lipinski definition) is 0. The molecule has 4 heteroatoms. The second kappa shape index (κ2) is 5.21. The highest BCUT2D eigenvalue weighted by molar-refractivity contribution is 6.08. The first-order chi connectivity index (χ1) is 8.63. The SMILES string of the molecule is CCOC(=O)C1CCN(c2ccc(C)cc2)C1=O. The molecule has 1 aliphatic rings. The Kier molecular flexibility index (Phi) is 3.65. The number of amides is 1. The van der Waals surface area contributed by atoms with Gasteiger partial charge in [-0.3, -0.25) is 9.59 Å². The van der Waals surface area contributed by atoms with E-state index in [2.05, 4.69) is 0 Å². The summed E-state index contributed by atoms with van der Waals surface area (Å²) in [6, 6.07) is 7.72. The van der Waals surface area contributed by atoms with Crippen molar-refractivity contribution in [3.8, 4) is 0 Å². The van der Waals surface area contributed by atoms with Crippen LogP contribution in [0.5, 0.6) is 0 Å². The normalized spacial score (nSPS) is 19.1. The van der Waals surface area contributed by atoms with Gasteiger partial charge in [0.1, 0.15) is 5.92 Å². The van der Waals surface area contributed by atoms with Crippen LogP contribution in [0.3, 0.4) is 0 Å². The number of ether oxygens (including phenoxy) is 1. The van der Waals surface area contributed by atoms with Crippen LogP contribution in [-0.2, 0) is 14.3 Å². The molecule has 0 radical (unpaired) electrons. The van der Waals surface area contributed by atoms with Gasteiger partial charge in [0.25, 0.3) is 0 Å². The average Bonchev–Trinajstić information content (AvgIpc) is 2.73. The molecule has 1 atom stereocenters. The quantitative estimate of drug-likeness (QED) is 0.605. The van der Waals surface area contributed by atoms with Crippen molar-refractivity contribution < 1.29 is 14.3 Å². The van der Waals surface area contributed by atoms with Gasteiger partial charge in [0, 0.05) is 12.2 Å². The van der Waals surface area contributed by atoms with Gasteiger partial charge in [-0.2, -0.15) is 0 Å². The van der Waals surface area contributed by atoms with Crippen LogP contribution in [-0.4, -0.2) is 25.0 Å². The topological polar surface area (TPSA) is 46.6 Å². The molecule has 1 aliphatic heterocycles. The number of aryl methyl sites for hydroxylation is 1. The van der Waals surface area contributed by atoms with Crippen LogP contribution in [0.1, 0.15) is 18.9 Å². The van der Waals surface area contributed by atoms with E-state index in [1.165, 1.54) is 0 Å². The monoisotopic (exact) mass is 247 g/mol. The van der Waals surface area contributed by atoms with E-state index in [9.17, 15) is 9.59 Å². The lowest BCUT2D eigenvalue weighted by atomic mass is 10.1. The molecular formula is C14H17NO3. The molecule has 1 amide bonds. The first-order valence-electron chi connectivity index (χ1n) is 6.18. The van der Waals surface area contributed by atoms with Crippen molar-refractivity contribution in [3.63, 3.8) is 0 Å². The molecule has 1 fully saturated rings. The Morgan fingerprint density at radius 3 is 2.67 bits per heavy atom. The van der Waals surface area contributed by atoms with Crippen molar-refractivity contribution in [2.45, 2.75) is 20.3 Å². The van der Waals surface area contributed by atoms with Crippen molar-refractivity contribution in [1.29, 1.82) is 0 Å². The minimum Gasteiger partial charge on any atom is -0.465 e. The van der Waals surface area contributed by atoms with Crippen molar-refractivity contribution in [2.24, 2.45) is 5.92 Å². The number of rotatable bonds is 3. The zero-order valence-corrected chi connectivity index (χ0v) is 10.7. The number of esters is 1. The molecule has 0 spiro atoms. The van der Waals surface area contributed by atoms with E-state index in [0.29, 0.717) is 19.6 Å². The molecule has 2 rings (SSSR count). The fourth-order valence-electron chi connectivity index (χ4n) is 2.12. The lowest BCUT2D eigenvalue weighted by Crippen LogP contribution is -2.31. The second-order valence-corrected chi connectivity index (χ2v) is 4.42. The minimum atomic E-state index is -0.633. The summed E-state index contributed by atoms with van der Waals surface area (Å²) >= 11 is 0. The van der Waals surface area contributed by atoms with E-state index in [4.69, 9.17) is 4.74 Å². The fourth-order valence-corrected chi connectivity index (χ4v) is 2.12. The minimum absolute atomic E-state index is 0.155. The maximum Gasteiger partial charge on any atom is 0.318 e. The standard InChI is InChI=1S/C14H17NO3/c1-3-18-14(17)12-8-9-15(13(12)16)11-6-4-10(2)5-7-11/h4-7,12H,3,8-9H2,1-2H3. The van der Waals surface area contributed by atoms with E-state index in [0.717, 1.165) is 11.3 Å². The fraction of sp³-hybridized carbons (Fsp3) is 0.429. The number of hydrogen-bond acceptors (Lipinski definition) is 3. The molecule has 0 bridgehead atoms. The molecular weight excluding hydrogens is 230 g/mol. The Morgan fingerprint density at radius 1 is 1.39 bits per heavy atom. The van der Waals surface area contributed by atoms with Gasteiger partial charge in [-0.25, -0.2) is 0 Å². The number of anilines is 1. The van der Waals surface area contributed by atoms with Gasteiger partial charge >= 0.3 is 5.97 Å². The van der Waals surface area contributed by atoms with Gasteiger partial charge in [-0.05, 0) is 32.4 Å². The molecule has 1 unspecified atom stereocenters. The Balaban J connectivity index is 2.12. The summed E-state index contributed by atoms with van der Waals surface area (Å²) in [5, 5.41) is 0. The Hall–Kier alpha value is -1.84. The summed E-state index contributed by atoms with van der Waals surface area (Å²) in [5.74, 6) is -1.19. The van der Waals surface area contributed by atoms with Gasteiger partial charge in [-0.1, -0.05) is 17.7 Å². The first kappa shape index (κ1) is 12.6. The van der Waals surface area contributed by atoms with Gasteiger partial charge in [0.2, 0.25) is 5.91 Å². The third-order valence-electron chi connectivity index (χ3n) is 3.12. The number of carbonyl (C=O) groups excluding carboxylic acids is 2. The van der Waals surface area contributed by atoms with Crippen LogP contribution < -0.4 is 4.90 Å². The zero-order valence-electron chi connectivity index (χ0n) is 10.7. The van der Waals surface area contributed by atoms with E-state index in [1.54, 1.807) is 11.8 Å². The van der Waals surface area contributed by atoms with Crippen LogP contribution in [0, 0.1) is 12.8 Å². The largest absolute Gasteiger partial charge is 0.465 e. The number of benzene rings is 1. The molecule has 1 aromatic rings. The van der Waals surface area contributed by atoms with E-state index >= 15 is 0 Å². The summed E-state index contributed by atoms with van der Waals surface area (Å²) in [6.45, 7) is 4.63. The summed E-state index contributed by atoms with van der Waals surface area (Å²) in [5.41, 5.74) is 1.99. The zero-order chi connectivity index (χ0) is 13.1. The maximum absolute atomic E-state index is 12.1. The molecule has 1 aromatic carbocycles. The van der Waals surface area contributed by atoms with Crippen molar-refractivity contribution in [3.05, 3.63) is 29.8 Å². The smallest absolute Gasteiger partial charge is 0.318 e. The van der Waals surface area contributed by atoms with Crippen LogP contribution >= 0.6 is 0 Å².